The molecule has 0 saturated carbocycles. The maximum Gasteiger partial charge on any atom is 0.244 e. The summed E-state index contributed by atoms with van der Waals surface area (Å²) in [6.45, 7) is 0.312. The van der Waals surface area contributed by atoms with Gasteiger partial charge in [0.05, 0.1) is 13.7 Å². The van der Waals surface area contributed by atoms with Crippen LogP contribution in [-0.4, -0.2) is 31.3 Å². The van der Waals surface area contributed by atoms with Gasteiger partial charge in [-0.2, -0.15) is 0 Å². The highest BCUT2D eigenvalue weighted by molar-refractivity contribution is 6.35. The highest BCUT2D eigenvalue weighted by Gasteiger charge is 2.09. The number of aliphatic hydroxyl groups excluding tert-OH is 1. The first-order chi connectivity index (χ1) is 12.5. The first kappa shape index (κ1) is 20.1. The van der Waals surface area contributed by atoms with Gasteiger partial charge in [0.15, 0.2) is 11.5 Å². The summed E-state index contributed by atoms with van der Waals surface area (Å²) in [6.07, 6.45) is 3.03. The third-order valence-corrected chi connectivity index (χ3v) is 4.17. The van der Waals surface area contributed by atoms with Crippen molar-refractivity contribution >= 4 is 35.2 Å². The number of halogens is 2. The summed E-state index contributed by atoms with van der Waals surface area (Å²) in [7, 11) is 1.53. The van der Waals surface area contributed by atoms with Crippen LogP contribution in [0, 0.1) is 0 Å². The maximum atomic E-state index is 11.5. The lowest BCUT2D eigenvalue weighted by molar-refractivity contribution is -0.116. The molecule has 1 amide bonds. The van der Waals surface area contributed by atoms with E-state index < -0.39 is 0 Å². The van der Waals surface area contributed by atoms with Crippen LogP contribution in [0.5, 0.6) is 11.5 Å². The Hall–Kier alpha value is -2.21. The van der Waals surface area contributed by atoms with E-state index in [1.54, 1.807) is 42.5 Å². The first-order valence-corrected chi connectivity index (χ1v) is 8.61. The predicted octanol–water partition coefficient (Wildman–Crippen LogP) is 3.70. The summed E-state index contributed by atoms with van der Waals surface area (Å²) in [6, 6.07) is 10.6. The second-order valence-corrected chi connectivity index (χ2v) is 6.06. The molecule has 2 rings (SSSR count). The average Bonchev–Trinajstić information content (AvgIpc) is 2.64. The van der Waals surface area contributed by atoms with E-state index in [1.165, 1.54) is 13.2 Å². The molecule has 0 aliphatic carbocycles. The van der Waals surface area contributed by atoms with Crippen molar-refractivity contribution in [2.24, 2.45) is 0 Å². The summed E-state index contributed by atoms with van der Waals surface area (Å²) in [5, 5.41) is 12.3. The van der Waals surface area contributed by atoms with Gasteiger partial charge in [-0.1, -0.05) is 35.3 Å². The number of carbonyl (C=O) groups excluding carboxylic acids is 1. The summed E-state index contributed by atoms with van der Waals surface area (Å²) >= 11 is 12.3. The highest BCUT2D eigenvalue weighted by Crippen LogP contribution is 2.31. The van der Waals surface area contributed by atoms with Crippen molar-refractivity contribution in [3.63, 3.8) is 0 Å². The number of rotatable bonds is 8. The van der Waals surface area contributed by atoms with Gasteiger partial charge >= 0.3 is 0 Å². The fraction of sp³-hybridized carbons (Fsp3) is 0.211. The Morgan fingerprint density at radius 2 is 1.92 bits per heavy atom. The van der Waals surface area contributed by atoms with Crippen LogP contribution in [0.4, 0.5) is 0 Å². The lowest BCUT2D eigenvalue weighted by Crippen LogP contribution is -2.24. The molecule has 0 aromatic heterocycles. The predicted molar refractivity (Wildman–Crippen MR) is 103 cm³/mol. The lowest BCUT2D eigenvalue weighted by atomic mass is 10.2. The van der Waals surface area contributed by atoms with Crippen molar-refractivity contribution < 1.29 is 19.4 Å². The van der Waals surface area contributed by atoms with Crippen molar-refractivity contribution in [1.29, 1.82) is 0 Å². The Labute approximate surface area is 162 Å². The molecule has 2 aromatic carbocycles. The van der Waals surface area contributed by atoms with Gasteiger partial charge in [0.25, 0.3) is 0 Å². The van der Waals surface area contributed by atoms with E-state index in [0.29, 0.717) is 27.1 Å². The molecule has 7 heteroatoms. The van der Waals surface area contributed by atoms with Crippen molar-refractivity contribution in [3.8, 4) is 11.5 Å². The third-order valence-electron chi connectivity index (χ3n) is 3.46. The van der Waals surface area contributed by atoms with E-state index in [9.17, 15) is 4.79 Å². The Bertz CT molecular complexity index is 773. The minimum absolute atomic E-state index is 0.102. The molecule has 0 atom stereocenters. The Morgan fingerprint density at radius 1 is 1.19 bits per heavy atom. The molecule has 0 aliphatic rings. The largest absolute Gasteiger partial charge is 0.493 e. The van der Waals surface area contributed by atoms with Crippen LogP contribution in [0.2, 0.25) is 10.0 Å². The Kier molecular flexibility index (Phi) is 7.78. The van der Waals surface area contributed by atoms with Crippen LogP contribution in [0.15, 0.2) is 42.5 Å². The molecule has 2 N–H and O–H groups in total. The van der Waals surface area contributed by atoms with Crippen molar-refractivity contribution in [3.05, 3.63) is 63.6 Å². The number of ether oxygens (including phenoxy) is 2. The minimum Gasteiger partial charge on any atom is -0.493 e. The molecule has 0 spiro atoms. The van der Waals surface area contributed by atoms with E-state index in [0.717, 1.165) is 5.56 Å². The third kappa shape index (κ3) is 5.66. The molecule has 0 radical (unpaired) electrons. The quantitative estimate of drug-likeness (QED) is 0.668. The molecule has 0 fully saturated rings. The zero-order valence-corrected chi connectivity index (χ0v) is 15.7. The number of hydrogen-bond acceptors (Lipinski definition) is 4. The number of carbonyl (C=O) groups is 1. The van der Waals surface area contributed by atoms with Crippen LogP contribution in [0.1, 0.15) is 11.1 Å². The van der Waals surface area contributed by atoms with Gasteiger partial charge in [0.2, 0.25) is 5.91 Å². The number of benzene rings is 2. The van der Waals surface area contributed by atoms with E-state index in [1.807, 2.05) is 0 Å². The van der Waals surface area contributed by atoms with Gasteiger partial charge in [-0.05, 0) is 35.9 Å². The molecule has 5 nitrogen and oxygen atoms in total. The second kappa shape index (κ2) is 10.1. The van der Waals surface area contributed by atoms with Crippen molar-refractivity contribution in [1.82, 2.24) is 5.32 Å². The standard InChI is InChI=1S/C19H19Cl2NO4/c1-25-18-11-13(6-8-19(24)22-9-10-23)5-7-17(18)26-12-14-15(20)3-2-4-16(14)21/h2-8,11,23H,9-10,12H2,1H3,(H,22,24)/b8-6+. The molecular weight excluding hydrogens is 377 g/mol. The molecule has 0 heterocycles. The first-order valence-electron chi connectivity index (χ1n) is 7.85. The number of amides is 1. The molecule has 2 aromatic rings. The van der Waals surface area contributed by atoms with Crippen LogP contribution >= 0.6 is 23.2 Å². The second-order valence-electron chi connectivity index (χ2n) is 5.25. The summed E-state index contributed by atoms with van der Waals surface area (Å²) in [4.78, 5) is 11.5. The molecule has 138 valence electrons. The Morgan fingerprint density at radius 3 is 2.58 bits per heavy atom. The maximum absolute atomic E-state index is 11.5. The van der Waals surface area contributed by atoms with Crippen molar-refractivity contribution in [2.75, 3.05) is 20.3 Å². The monoisotopic (exact) mass is 395 g/mol. The average molecular weight is 396 g/mol. The lowest BCUT2D eigenvalue weighted by Gasteiger charge is -2.13. The van der Waals surface area contributed by atoms with Crippen LogP contribution < -0.4 is 14.8 Å². The minimum atomic E-state index is -0.285. The van der Waals surface area contributed by atoms with E-state index in [-0.39, 0.29) is 25.7 Å². The van der Waals surface area contributed by atoms with E-state index in [2.05, 4.69) is 5.32 Å². The molecular formula is C19H19Cl2NO4. The van der Waals surface area contributed by atoms with Gasteiger partial charge < -0.3 is 19.9 Å². The number of nitrogens with one attached hydrogen (secondary N) is 1. The molecule has 26 heavy (non-hydrogen) atoms. The SMILES string of the molecule is COc1cc(/C=C/C(=O)NCCO)ccc1OCc1c(Cl)cccc1Cl. The summed E-state index contributed by atoms with van der Waals surface area (Å²) in [5.41, 5.74) is 1.46. The summed E-state index contributed by atoms with van der Waals surface area (Å²) < 4.78 is 11.1. The zero-order chi connectivity index (χ0) is 18.9. The fourth-order valence-corrected chi connectivity index (χ4v) is 2.64. The normalized spacial score (nSPS) is 10.8. The smallest absolute Gasteiger partial charge is 0.244 e. The topological polar surface area (TPSA) is 67.8 Å². The van der Waals surface area contributed by atoms with E-state index in [4.69, 9.17) is 37.8 Å². The Balaban J connectivity index is 2.08. The number of methoxy groups -OCH3 is 1. The number of aliphatic hydroxyl groups is 1. The van der Waals surface area contributed by atoms with Gasteiger partial charge in [0.1, 0.15) is 6.61 Å². The fourth-order valence-electron chi connectivity index (χ4n) is 2.14. The molecule has 0 unspecified atom stereocenters. The van der Waals surface area contributed by atoms with Crippen LogP contribution in [0.25, 0.3) is 6.08 Å². The highest BCUT2D eigenvalue weighted by atomic mass is 35.5. The van der Waals surface area contributed by atoms with Crippen molar-refractivity contribution in [2.45, 2.75) is 6.61 Å². The van der Waals surface area contributed by atoms with Gasteiger partial charge in [-0.15, -0.1) is 0 Å². The van der Waals surface area contributed by atoms with Crippen LogP contribution in [0.3, 0.4) is 0 Å². The molecule has 0 saturated heterocycles. The van der Waals surface area contributed by atoms with Gasteiger partial charge in [0, 0.05) is 28.2 Å². The van der Waals surface area contributed by atoms with Crippen LogP contribution in [-0.2, 0) is 11.4 Å². The van der Waals surface area contributed by atoms with Gasteiger partial charge in [-0.3, -0.25) is 4.79 Å². The molecule has 0 aliphatic heterocycles. The van der Waals surface area contributed by atoms with Gasteiger partial charge in [-0.25, -0.2) is 0 Å². The number of hydrogen-bond donors (Lipinski definition) is 2. The summed E-state index contributed by atoms with van der Waals surface area (Å²) in [5.74, 6) is 0.767. The van der Waals surface area contributed by atoms with E-state index >= 15 is 0 Å². The molecule has 0 bridgehead atoms. The zero-order valence-electron chi connectivity index (χ0n) is 14.2.